The highest BCUT2D eigenvalue weighted by Gasteiger charge is 2.49. The van der Waals surface area contributed by atoms with Gasteiger partial charge in [0.1, 0.15) is 35.6 Å². The summed E-state index contributed by atoms with van der Waals surface area (Å²) < 4.78 is 78.6. The van der Waals surface area contributed by atoms with Crippen molar-refractivity contribution in [2.45, 2.75) is 50.7 Å². The van der Waals surface area contributed by atoms with Gasteiger partial charge in [0.15, 0.2) is 24.2 Å². The molecule has 2 bridgehead atoms. The van der Waals surface area contributed by atoms with E-state index in [2.05, 4.69) is 25.3 Å². The molecule has 16 heteroatoms. The molecule has 4 aliphatic rings. The van der Waals surface area contributed by atoms with Crippen molar-refractivity contribution in [2.24, 2.45) is 17.0 Å². The molecule has 2 aromatic carbocycles. The number of nitrogens with one attached hydrogen (secondary N) is 1. The summed E-state index contributed by atoms with van der Waals surface area (Å²) >= 11 is 0. The number of hydrogen-bond donors (Lipinski definition) is 1. The maximum atomic E-state index is 17.1. The summed E-state index contributed by atoms with van der Waals surface area (Å²) in [5, 5.41) is 7.14. The lowest BCUT2D eigenvalue weighted by Crippen LogP contribution is -2.44. The molecule has 1 amide bonds. The maximum Gasteiger partial charge on any atom is 0.433 e. The largest absolute Gasteiger partial charge is 0.468 e. The van der Waals surface area contributed by atoms with Crippen molar-refractivity contribution in [3.63, 3.8) is 0 Å². The van der Waals surface area contributed by atoms with Crippen LogP contribution < -0.4 is 19.7 Å². The standard InChI is InChI=1S/C37H39F4N7O5/c1-3-42-36(49)53-46-31-21-5-6-22(31)16-47(15-21)34-26-14-43-32(25-12-24(52-19-50-2)11-20-7-8-27(39)29(40)28(20)25)30(41)33(26)44-35(45-34)51-18-37-9-4-10-48(37)17-23(38)13-37/h7-8,11-12,14,21-23H,3-6,9-10,13,15-19H2,1-2H3,(H,42,49)/t21?,22?,23-,37+/m1/s1. The SMILES string of the molecule is CCNC(=O)ON=C1C2CCC1CN(c1nc(OC[C@@]34CCCN3C[C@H](F)C4)nc3c(F)c(-c4cc(OCOC)cc5ccc(F)c(F)c45)ncc13)C2. The fraction of sp³-hybridized carbons (Fsp3) is 0.486. The van der Waals surface area contributed by atoms with E-state index in [1.54, 1.807) is 6.92 Å². The first-order valence-electron chi connectivity index (χ1n) is 17.9. The molecule has 8 rings (SSSR count). The van der Waals surface area contributed by atoms with Crippen molar-refractivity contribution < 1.29 is 41.4 Å². The quantitative estimate of drug-likeness (QED) is 0.0878. The molecule has 2 aromatic heterocycles. The molecule has 3 saturated heterocycles. The fourth-order valence-corrected chi connectivity index (χ4v) is 8.53. The maximum absolute atomic E-state index is 17.1. The Morgan fingerprint density at radius 1 is 1.08 bits per heavy atom. The summed E-state index contributed by atoms with van der Waals surface area (Å²) in [7, 11) is 1.44. The van der Waals surface area contributed by atoms with Crippen LogP contribution >= 0.6 is 0 Å². The van der Waals surface area contributed by atoms with Crippen molar-refractivity contribution in [1.29, 1.82) is 0 Å². The number of ether oxygens (including phenoxy) is 3. The summed E-state index contributed by atoms with van der Waals surface area (Å²) in [6.07, 6.45) is 3.42. The lowest BCUT2D eigenvalue weighted by Gasteiger charge is -2.34. The summed E-state index contributed by atoms with van der Waals surface area (Å²) in [6, 6.07) is 5.16. The topological polar surface area (TPSA) is 124 Å². The minimum absolute atomic E-state index is 0.0444. The highest BCUT2D eigenvalue weighted by atomic mass is 19.2. The number of nitrogens with zero attached hydrogens (tertiary/aromatic N) is 6. The average Bonchev–Trinajstić information content (AvgIpc) is 3.75. The smallest absolute Gasteiger partial charge is 0.433 e. The van der Waals surface area contributed by atoms with Crippen molar-refractivity contribution in [2.75, 3.05) is 58.1 Å². The third-order valence-corrected chi connectivity index (χ3v) is 10.9. The van der Waals surface area contributed by atoms with Crippen molar-refractivity contribution >= 4 is 39.3 Å². The van der Waals surface area contributed by atoms with E-state index in [0.29, 0.717) is 38.4 Å². The predicted molar refractivity (Wildman–Crippen MR) is 187 cm³/mol. The summed E-state index contributed by atoms with van der Waals surface area (Å²) in [5.41, 5.74) is -0.184. The van der Waals surface area contributed by atoms with Gasteiger partial charge in [-0.25, -0.2) is 22.4 Å². The zero-order valence-electron chi connectivity index (χ0n) is 29.3. The number of rotatable bonds is 10. The molecule has 5 heterocycles. The summed E-state index contributed by atoms with van der Waals surface area (Å²) in [6.45, 7) is 4.15. The summed E-state index contributed by atoms with van der Waals surface area (Å²) in [5.74, 6) is -2.67. The van der Waals surface area contributed by atoms with Crippen LogP contribution in [0.4, 0.5) is 28.2 Å². The lowest BCUT2D eigenvalue weighted by atomic mass is 9.95. The Morgan fingerprint density at radius 3 is 2.66 bits per heavy atom. The number of fused-ring (bicyclic) bond motifs is 5. The molecular weight excluding hydrogens is 698 g/mol. The number of benzene rings is 2. The normalized spacial score (nSPS) is 23.8. The third-order valence-electron chi connectivity index (χ3n) is 10.9. The average molecular weight is 738 g/mol. The first-order valence-corrected chi connectivity index (χ1v) is 17.9. The molecule has 3 aliphatic heterocycles. The van der Waals surface area contributed by atoms with Crippen LogP contribution in [0.15, 0.2) is 35.6 Å². The second-order valence-electron chi connectivity index (χ2n) is 14.2. The van der Waals surface area contributed by atoms with E-state index < -0.39 is 35.3 Å². The molecule has 4 fully saturated rings. The molecule has 1 N–H and O–H groups in total. The Hall–Kier alpha value is -4.83. The molecule has 12 nitrogen and oxygen atoms in total. The van der Waals surface area contributed by atoms with Gasteiger partial charge in [-0.1, -0.05) is 11.2 Å². The van der Waals surface area contributed by atoms with Crippen LogP contribution in [0, 0.1) is 29.3 Å². The van der Waals surface area contributed by atoms with Crippen LogP contribution in [-0.2, 0) is 9.57 Å². The second-order valence-corrected chi connectivity index (χ2v) is 14.2. The van der Waals surface area contributed by atoms with Crippen molar-refractivity contribution in [1.82, 2.24) is 25.2 Å². The number of hydrogen-bond acceptors (Lipinski definition) is 11. The van der Waals surface area contributed by atoms with E-state index in [1.165, 1.54) is 31.5 Å². The highest BCUT2D eigenvalue weighted by molar-refractivity contribution is 6.01. The predicted octanol–water partition coefficient (Wildman–Crippen LogP) is 6.15. The first kappa shape index (κ1) is 35.2. The summed E-state index contributed by atoms with van der Waals surface area (Å²) in [4.78, 5) is 35.0. The molecule has 4 atom stereocenters. The third kappa shape index (κ3) is 6.45. The number of aromatic nitrogens is 3. The zero-order valence-corrected chi connectivity index (χ0v) is 29.3. The van der Waals surface area contributed by atoms with Crippen LogP contribution in [0.3, 0.4) is 0 Å². The molecule has 0 spiro atoms. The van der Waals surface area contributed by atoms with Gasteiger partial charge in [0.2, 0.25) is 0 Å². The fourth-order valence-electron chi connectivity index (χ4n) is 8.53. The Morgan fingerprint density at radius 2 is 1.89 bits per heavy atom. The van der Waals surface area contributed by atoms with Crippen LogP contribution in [-0.4, -0.2) is 96.6 Å². The molecule has 1 saturated carbocycles. The van der Waals surface area contributed by atoms with Crippen LogP contribution in [0.5, 0.6) is 11.8 Å². The second kappa shape index (κ2) is 14.2. The van der Waals surface area contributed by atoms with Crippen LogP contribution in [0.2, 0.25) is 0 Å². The van der Waals surface area contributed by atoms with Gasteiger partial charge in [0, 0.05) is 68.7 Å². The van der Waals surface area contributed by atoms with Gasteiger partial charge in [-0.05, 0) is 62.7 Å². The van der Waals surface area contributed by atoms with E-state index in [0.717, 1.165) is 44.0 Å². The van der Waals surface area contributed by atoms with Crippen LogP contribution in [0.25, 0.3) is 32.9 Å². The number of anilines is 1. The molecule has 2 unspecified atom stereocenters. The van der Waals surface area contributed by atoms with Crippen molar-refractivity contribution in [3.8, 4) is 23.0 Å². The van der Waals surface area contributed by atoms with E-state index in [-0.39, 0.29) is 69.9 Å². The van der Waals surface area contributed by atoms with E-state index in [9.17, 15) is 13.6 Å². The highest BCUT2D eigenvalue weighted by Crippen LogP contribution is 2.43. The van der Waals surface area contributed by atoms with E-state index in [1.807, 2.05) is 4.90 Å². The van der Waals surface area contributed by atoms with Gasteiger partial charge in [-0.3, -0.25) is 14.7 Å². The Bertz CT molecular complexity index is 2090. The minimum Gasteiger partial charge on any atom is -0.468 e. The number of halogens is 4. The lowest BCUT2D eigenvalue weighted by molar-refractivity contribution is 0.0512. The molecule has 4 aromatic rings. The monoisotopic (exact) mass is 737 g/mol. The molecule has 53 heavy (non-hydrogen) atoms. The van der Waals surface area contributed by atoms with Gasteiger partial charge in [-0.2, -0.15) is 9.97 Å². The van der Waals surface area contributed by atoms with E-state index in [4.69, 9.17) is 24.0 Å². The molecule has 1 aliphatic carbocycles. The Kier molecular flexibility index (Phi) is 9.43. The van der Waals surface area contributed by atoms with Gasteiger partial charge in [0.25, 0.3) is 0 Å². The van der Waals surface area contributed by atoms with Crippen LogP contribution in [0.1, 0.15) is 39.0 Å². The number of oxime groups is 1. The Balaban J connectivity index is 1.22. The minimum atomic E-state index is -1.16. The van der Waals surface area contributed by atoms with Gasteiger partial charge < -0.3 is 24.4 Å². The molecule has 0 radical (unpaired) electrons. The number of carbonyl (C=O) groups is 1. The zero-order chi connectivity index (χ0) is 36.9. The van der Waals surface area contributed by atoms with Gasteiger partial charge in [0.05, 0.1) is 16.6 Å². The number of pyridine rings is 1. The van der Waals surface area contributed by atoms with Gasteiger partial charge >= 0.3 is 12.1 Å². The van der Waals surface area contributed by atoms with Gasteiger partial charge in [-0.15, -0.1) is 0 Å². The molecular formula is C37H39F4N7O5. The molecule has 280 valence electrons. The number of carbonyl (C=O) groups excluding carboxylic acids is 1. The number of alkyl halides is 1. The number of piperidine rings is 1. The first-order chi connectivity index (χ1) is 25.7. The van der Waals surface area contributed by atoms with E-state index >= 15 is 8.78 Å². The Labute approximate surface area is 302 Å². The number of amides is 1. The van der Waals surface area contributed by atoms with Crippen molar-refractivity contribution in [3.05, 3.63) is 47.9 Å². The number of methoxy groups -OCH3 is 1.